The first-order valence-corrected chi connectivity index (χ1v) is 4.33. The van der Waals surface area contributed by atoms with Gasteiger partial charge in [0.25, 0.3) is 0 Å². The Morgan fingerprint density at radius 3 is 3.13 bits per heavy atom. The SMILES string of the molecule is COC(=O)C(O)c1cccc2cnoc12. The van der Waals surface area contributed by atoms with Crippen LogP contribution in [0.1, 0.15) is 11.7 Å². The van der Waals surface area contributed by atoms with Gasteiger partial charge in [0, 0.05) is 10.9 Å². The van der Waals surface area contributed by atoms with Crippen molar-refractivity contribution in [1.82, 2.24) is 5.16 Å². The van der Waals surface area contributed by atoms with E-state index in [1.54, 1.807) is 18.2 Å². The van der Waals surface area contributed by atoms with Gasteiger partial charge in [-0.3, -0.25) is 0 Å². The number of methoxy groups -OCH3 is 1. The molecule has 1 atom stereocenters. The van der Waals surface area contributed by atoms with E-state index in [-0.39, 0.29) is 0 Å². The summed E-state index contributed by atoms with van der Waals surface area (Å²) < 4.78 is 9.39. The lowest BCUT2D eigenvalue weighted by molar-refractivity contribution is -0.150. The highest BCUT2D eigenvalue weighted by Crippen LogP contribution is 2.24. The predicted octanol–water partition coefficient (Wildman–Crippen LogP) is 1.03. The van der Waals surface area contributed by atoms with Crippen molar-refractivity contribution in [3.8, 4) is 0 Å². The van der Waals surface area contributed by atoms with E-state index in [1.807, 2.05) is 0 Å². The maximum Gasteiger partial charge on any atom is 0.339 e. The summed E-state index contributed by atoms with van der Waals surface area (Å²) in [5.74, 6) is -0.723. The monoisotopic (exact) mass is 207 g/mol. The summed E-state index contributed by atoms with van der Waals surface area (Å²) in [5, 5.41) is 14.0. The number of carbonyl (C=O) groups excluding carboxylic acids is 1. The number of hydrogen-bond acceptors (Lipinski definition) is 5. The molecule has 0 aliphatic carbocycles. The number of hydrogen-bond donors (Lipinski definition) is 1. The van der Waals surface area contributed by atoms with Crippen LogP contribution >= 0.6 is 0 Å². The van der Waals surface area contributed by atoms with Gasteiger partial charge in [-0.25, -0.2) is 4.79 Å². The third-order valence-electron chi connectivity index (χ3n) is 2.13. The third kappa shape index (κ3) is 1.57. The third-order valence-corrected chi connectivity index (χ3v) is 2.13. The van der Waals surface area contributed by atoms with Gasteiger partial charge in [-0.15, -0.1) is 0 Å². The van der Waals surface area contributed by atoms with E-state index in [1.165, 1.54) is 13.3 Å². The van der Waals surface area contributed by atoms with E-state index in [2.05, 4.69) is 9.89 Å². The van der Waals surface area contributed by atoms with E-state index < -0.39 is 12.1 Å². The van der Waals surface area contributed by atoms with Crippen molar-refractivity contribution >= 4 is 16.9 Å². The van der Waals surface area contributed by atoms with Gasteiger partial charge in [0.1, 0.15) is 0 Å². The second kappa shape index (κ2) is 3.70. The molecule has 0 saturated heterocycles. The van der Waals surface area contributed by atoms with E-state index in [9.17, 15) is 9.90 Å². The molecule has 0 aliphatic rings. The van der Waals surface area contributed by atoms with E-state index in [0.717, 1.165) is 5.39 Å². The first kappa shape index (κ1) is 9.67. The Hall–Kier alpha value is -1.88. The van der Waals surface area contributed by atoms with Crippen LogP contribution in [0.25, 0.3) is 11.0 Å². The van der Waals surface area contributed by atoms with Crippen LogP contribution in [0.4, 0.5) is 0 Å². The number of esters is 1. The zero-order chi connectivity index (χ0) is 10.8. The Labute approximate surface area is 85.2 Å². The minimum atomic E-state index is -1.34. The highest BCUT2D eigenvalue weighted by molar-refractivity contribution is 5.86. The van der Waals surface area contributed by atoms with Gasteiger partial charge in [-0.2, -0.15) is 0 Å². The maximum absolute atomic E-state index is 11.1. The number of carbonyl (C=O) groups is 1. The smallest absolute Gasteiger partial charge is 0.339 e. The molecule has 0 radical (unpaired) electrons. The Kier molecular flexibility index (Phi) is 2.39. The van der Waals surface area contributed by atoms with Crippen molar-refractivity contribution in [1.29, 1.82) is 0 Å². The molecule has 15 heavy (non-hydrogen) atoms. The van der Waals surface area contributed by atoms with Crippen LogP contribution in [0, 0.1) is 0 Å². The molecular formula is C10H9NO4. The number of rotatable bonds is 2. The summed E-state index contributed by atoms with van der Waals surface area (Å²) in [7, 11) is 1.21. The summed E-state index contributed by atoms with van der Waals surface area (Å²) in [5.41, 5.74) is 0.757. The Balaban J connectivity index is 2.51. The van der Waals surface area contributed by atoms with Gasteiger partial charge in [0.2, 0.25) is 0 Å². The first-order chi connectivity index (χ1) is 7.24. The fourth-order valence-electron chi connectivity index (χ4n) is 1.37. The highest BCUT2D eigenvalue weighted by atomic mass is 16.5. The van der Waals surface area contributed by atoms with Gasteiger partial charge in [-0.05, 0) is 6.07 Å². The second-order valence-corrected chi connectivity index (χ2v) is 3.02. The fourth-order valence-corrected chi connectivity index (χ4v) is 1.37. The second-order valence-electron chi connectivity index (χ2n) is 3.02. The number of benzene rings is 1. The van der Waals surface area contributed by atoms with Crippen molar-refractivity contribution in [2.45, 2.75) is 6.10 Å². The normalized spacial score (nSPS) is 12.7. The van der Waals surface area contributed by atoms with E-state index in [0.29, 0.717) is 11.1 Å². The predicted molar refractivity (Wildman–Crippen MR) is 51.0 cm³/mol. The van der Waals surface area contributed by atoms with Gasteiger partial charge >= 0.3 is 5.97 Å². The minimum absolute atomic E-state index is 0.358. The Morgan fingerprint density at radius 2 is 2.40 bits per heavy atom. The number of para-hydroxylation sites is 1. The molecule has 1 N–H and O–H groups in total. The highest BCUT2D eigenvalue weighted by Gasteiger charge is 2.21. The van der Waals surface area contributed by atoms with Crippen LogP contribution in [-0.4, -0.2) is 23.3 Å². The molecule has 0 amide bonds. The number of fused-ring (bicyclic) bond motifs is 1. The standard InChI is InChI=1S/C10H9NO4/c1-14-10(13)8(12)7-4-2-3-6-5-11-15-9(6)7/h2-5,8,12H,1H3. The Morgan fingerprint density at radius 1 is 1.60 bits per heavy atom. The zero-order valence-corrected chi connectivity index (χ0v) is 8.01. The molecule has 1 unspecified atom stereocenters. The van der Waals surface area contributed by atoms with Crippen LogP contribution in [0.15, 0.2) is 28.9 Å². The quantitative estimate of drug-likeness (QED) is 0.744. The summed E-state index contributed by atoms with van der Waals surface area (Å²) in [6, 6.07) is 5.08. The van der Waals surface area contributed by atoms with Gasteiger partial charge < -0.3 is 14.4 Å². The van der Waals surface area contributed by atoms with Gasteiger partial charge in [0.15, 0.2) is 11.7 Å². The molecule has 0 spiro atoms. The largest absolute Gasteiger partial charge is 0.467 e. The lowest BCUT2D eigenvalue weighted by Gasteiger charge is -2.07. The number of aliphatic hydroxyl groups is 1. The van der Waals surface area contributed by atoms with Crippen LogP contribution in [-0.2, 0) is 9.53 Å². The number of aromatic nitrogens is 1. The van der Waals surface area contributed by atoms with E-state index >= 15 is 0 Å². The van der Waals surface area contributed by atoms with Crippen molar-refractivity contribution in [2.24, 2.45) is 0 Å². The molecule has 1 aromatic carbocycles. The van der Waals surface area contributed by atoms with Crippen molar-refractivity contribution < 1.29 is 19.2 Å². The molecule has 1 heterocycles. The van der Waals surface area contributed by atoms with Crippen LogP contribution in [0.3, 0.4) is 0 Å². The van der Waals surface area contributed by atoms with Crippen LogP contribution in [0.5, 0.6) is 0 Å². The molecule has 0 bridgehead atoms. The molecule has 0 fully saturated rings. The summed E-state index contributed by atoms with van der Waals surface area (Å²) in [4.78, 5) is 11.1. The number of nitrogens with zero attached hydrogens (tertiary/aromatic N) is 1. The molecule has 0 saturated carbocycles. The topological polar surface area (TPSA) is 72.6 Å². The molecule has 1 aromatic heterocycles. The molecule has 2 rings (SSSR count). The van der Waals surface area contributed by atoms with Crippen LogP contribution < -0.4 is 0 Å². The number of ether oxygens (including phenoxy) is 1. The molecular weight excluding hydrogens is 198 g/mol. The summed E-state index contributed by atoms with van der Waals surface area (Å²) >= 11 is 0. The average molecular weight is 207 g/mol. The summed E-state index contributed by atoms with van der Waals surface area (Å²) in [6.45, 7) is 0. The van der Waals surface area contributed by atoms with Crippen LogP contribution in [0.2, 0.25) is 0 Å². The molecule has 78 valence electrons. The molecule has 5 nitrogen and oxygen atoms in total. The first-order valence-electron chi connectivity index (χ1n) is 4.33. The number of aliphatic hydroxyl groups excluding tert-OH is 1. The maximum atomic E-state index is 11.1. The molecule has 5 heteroatoms. The molecule has 0 aliphatic heterocycles. The summed E-state index contributed by atoms with van der Waals surface area (Å²) in [6.07, 6.45) is 0.176. The van der Waals surface area contributed by atoms with Gasteiger partial charge in [0.05, 0.1) is 13.3 Å². The lowest BCUT2D eigenvalue weighted by atomic mass is 10.1. The van der Waals surface area contributed by atoms with Crippen molar-refractivity contribution in [3.05, 3.63) is 30.0 Å². The molecule has 2 aromatic rings. The van der Waals surface area contributed by atoms with Crippen molar-refractivity contribution in [3.63, 3.8) is 0 Å². The van der Waals surface area contributed by atoms with Gasteiger partial charge in [-0.1, -0.05) is 17.3 Å². The van der Waals surface area contributed by atoms with Crippen molar-refractivity contribution in [2.75, 3.05) is 7.11 Å². The van der Waals surface area contributed by atoms with E-state index in [4.69, 9.17) is 4.52 Å². The average Bonchev–Trinajstić information content (AvgIpc) is 2.74. The zero-order valence-electron chi connectivity index (χ0n) is 8.01. The minimum Gasteiger partial charge on any atom is -0.467 e. The lowest BCUT2D eigenvalue weighted by Crippen LogP contribution is -2.13. The fraction of sp³-hybridized carbons (Fsp3) is 0.200. The Bertz CT molecular complexity index is 491.